The molecule has 2 fully saturated rings. The van der Waals surface area contributed by atoms with Crippen molar-refractivity contribution in [2.75, 3.05) is 40.6 Å². The number of alkyl carbamates (subject to hydrolysis) is 1. The molecule has 0 bridgehead atoms. The third-order valence-corrected chi connectivity index (χ3v) is 6.35. The zero-order valence-corrected chi connectivity index (χ0v) is 22.3. The highest BCUT2D eigenvalue weighted by molar-refractivity contribution is 5.81. The Morgan fingerprint density at radius 3 is 2.18 bits per heavy atom. The molecule has 16 nitrogen and oxygen atoms in total. The molecule has 0 aromatic rings. The van der Waals surface area contributed by atoms with Crippen LogP contribution in [-0.2, 0) is 38.0 Å². The molecule has 16 heteroatoms. The molecule has 11 atom stereocenters. The number of nitrogens with one attached hydrogen (secondary N) is 1. The molecule has 1 amide bonds. The van der Waals surface area contributed by atoms with Crippen molar-refractivity contribution in [3.05, 3.63) is 0 Å². The first-order valence-corrected chi connectivity index (χ1v) is 12.8. The van der Waals surface area contributed by atoms with E-state index in [-0.39, 0.29) is 19.6 Å². The minimum atomic E-state index is -1.65. The molecule has 2 rings (SSSR count). The van der Waals surface area contributed by atoms with Crippen LogP contribution in [0.3, 0.4) is 0 Å². The van der Waals surface area contributed by atoms with Crippen LogP contribution in [0.2, 0.25) is 0 Å². The number of amides is 1. The maximum Gasteiger partial charge on any atom is 0.408 e. The molecule has 228 valence electrons. The summed E-state index contributed by atoms with van der Waals surface area (Å²) in [6, 6.07) is -1.04. The summed E-state index contributed by atoms with van der Waals surface area (Å²) in [5.74, 6) is -0.675. The maximum atomic E-state index is 12.7. The van der Waals surface area contributed by atoms with Crippen LogP contribution >= 0.6 is 0 Å². The van der Waals surface area contributed by atoms with Gasteiger partial charge in [-0.3, -0.25) is 0 Å². The van der Waals surface area contributed by atoms with Gasteiger partial charge in [-0.2, -0.15) is 0 Å². The van der Waals surface area contributed by atoms with Crippen LogP contribution < -0.4 is 11.1 Å². The predicted molar refractivity (Wildman–Crippen MR) is 129 cm³/mol. The van der Waals surface area contributed by atoms with Crippen molar-refractivity contribution in [3.8, 4) is 0 Å². The average Bonchev–Trinajstić information content (AvgIpc) is 2.91. The van der Waals surface area contributed by atoms with Gasteiger partial charge in [0.15, 0.2) is 18.7 Å². The number of carbonyl (C=O) groups excluding carboxylic acids is 2. The van der Waals surface area contributed by atoms with Gasteiger partial charge < -0.3 is 69.7 Å². The molecule has 0 radical (unpaired) electrons. The van der Waals surface area contributed by atoms with Crippen molar-refractivity contribution in [3.63, 3.8) is 0 Å². The Morgan fingerprint density at radius 2 is 1.56 bits per heavy atom. The minimum absolute atomic E-state index is 0.0964. The standard InChI is InChI=1S/C23H42N2O14/c1-4-35-20(31)11(7-5-6-8-24)25-23(32)39-19-15(27)13(37-21(34-3)18(19)30)10-36-22-17(29)16(28)14(26)12(38-22)9-33-2/h11-19,21-22,26-30H,4-10,24H2,1-3H3,(H,25,32)/t11-,12?,13?,14+,15+,16-,17?,18?,19-,21-,22+/m0/s1. The number of aliphatic hydroxyl groups is 5. The molecule has 2 saturated heterocycles. The molecular formula is C23H42N2O14. The normalized spacial score (nSPS) is 35.7. The second-order valence-electron chi connectivity index (χ2n) is 9.17. The zero-order valence-electron chi connectivity index (χ0n) is 22.3. The fourth-order valence-corrected chi connectivity index (χ4v) is 4.20. The van der Waals surface area contributed by atoms with Crippen LogP contribution in [0.4, 0.5) is 4.79 Å². The molecule has 8 N–H and O–H groups in total. The van der Waals surface area contributed by atoms with E-state index in [0.717, 1.165) is 0 Å². The van der Waals surface area contributed by atoms with Crippen molar-refractivity contribution < 1.29 is 68.3 Å². The van der Waals surface area contributed by atoms with Crippen molar-refractivity contribution in [2.45, 2.75) is 93.6 Å². The van der Waals surface area contributed by atoms with E-state index in [1.54, 1.807) is 6.92 Å². The molecule has 2 heterocycles. The second-order valence-corrected chi connectivity index (χ2v) is 9.17. The van der Waals surface area contributed by atoms with E-state index in [4.69, 9.17) is 38.9 Å². The van der Waals surface area contributed by atoms with Crippen molar-refractivity contribution >= 4 is 12.1 Å². The quantitative estimate of drug-likeness (QED) is 0.0800. The minimum Gasteiger partial charge on any atom is -0.464 e. The van der Waals surface area contributed by atoms with E-state index < -0.39 is 86.1 Å². The Labute approximate surface area is 226 Å². The number of methoxy groups -OCH3 is 2. The Bertz CT molecular complexity index is 748. The van der Waals surface area contributed by atoms with E-state index in [9.17, 15) is 35.1 Å². The third kappa shape index (κ3) is 9.15. The van der Waals surface area contributed by atoms with Gasteiger partial charge in [-0.15, -0.1) is 0 Å². The van der Waals surface area contributed by atoms with Crippen molar-refractivity contribution in [1.29, 1.82) is 0 Å². The summed E-state index contributed by atoms with van der Waals surface area (Å²) < 4.78 is 36.8. The summed E-state index contributed by atoms with van der Waals surface area (Å²) in [5, 5.41) is 54.2. The fourth-order valence-electron chi connectivity index (χ4n) is 4.20. The molecule has 0 aromatic carbocycles. The van der Waals surface area contributed by atoms with Gasteiger partial charge in [0.2, 0.25) is 0 Å². The molecule has 2 aliphatic heterocycles. The van der Waals surface area contributed by atoms with Crippen LogP contribution in [0.25, 0.3) is 0 Å². The molecule has 0 spiro atoms. The van der Waals surface area contributed by atoms with Crippen LogP contribution in [0.15, 0.2) is 0 Å². The number of aliphatic hydroxyl groups excluding tert-OH is 5. The van der Waals surface area contributed by atoms with Gasteiger partial charge in [-0.1, -0.05) is 0 Å². The number of ether oxygens (including phenoxy) is 7. The van der Waals surface area contributed by atoms with Crippen LogP contribution in [0.5, 0.6) is 0 Å². The van der Waals surface area contributed by atoms with Crippen molar-refractivity contribution in [1.82, 2.24) is 5.32 Å². The first-order chi connectivity index (χ1) is 18.6. The summed E-state index contributed by atoms with van der Waals surface area (Å²) >= 11 is 0. The lowest BCUT2D eigenvalue weighted by Crippen LogP contribution is -2.62. The van der Waals surface area contributed by atoms with Gasteiger partial charge >= 0.3 is 12.1 Å². The molecule has 39 heavy (non-hydrogen) atoms. The average molecular weight is 571 g/mol. The topological polar surface area (TPSA) is 238 Å². The van der Waals surface area contributed by atoms with Crippen LogP contribution in [-0.4, -0.2) is 146 Å². The third-order valence-electron chi connectivity index (χ3n) is 6.35. The van der Waals surface area contributed by atoms with Gasteiger partial charge in [0.1, 0.15) is 48.8 Å². The number of rotatable bonds is 14. The van der Waals surface area contributed by atoms with Gasteiger partial charge in [-0.05, 0) is 32.7 Å². The summed E-state index contributed by atoms with van der Waals surface area (Å²) in [6.45, 7) is 1.54. The van der Waals surface area contributed by atoms with Gasteiger partial charge in [0, 0.05) is 14.2 Å². The van der Waals surface area contributed by atoms with E-state index in [1.807, 2.05) is 0 Å². The Morgan fingerprint density at radius 1 is 0.897 bits per heavy atom. The van der Waals surface area contributed by atoms with Crippen LogP contribution in [0, 0.1) is 0 Å². The highest BCUT2D eigenvalue weighted by Crippen LogP contribution is 2.27. The number of unbranched alkanes of at least 4 members (excludes halogenated alkanes) is 1. The first-order valence-electron chi connectivity index (χ1n) is 12.8. The van der Waals surface area contributed by atoms with E-state index in [2.05, 4.69) is 5.32 Å². The molecular weight excluding hydrogens is 528 g/mol. The number of carbonyl (C=O) groups is 2. The van der Waals surface area contributed by atoms with Gasteiger partial charge in [-0.25, -0.2) is 9.59 Å². The lowest BCUT2D eigenvalue weighted by atomic mass is 9.98. The number of nitrogens with two attached hydrogens (primary N) is 1. The molecule has 2 aliphatic rings. The SMILES string of the molecule is CCOC(=O)[C@H](CCCCN)NC(=O)O[C@@H]1C(O)[C@@H](OC)OC(CO[C@@H]2OC(COC)[C@@H](O)[C@H](O)C2O)[C@H]1O. The predicted octanol–water partition coefficient (Wildman–Crippen LogP) is -3.29. The fraction of sp³-hybridized carbons (Fsp3) is 0.913. The van der Waals surface area contributed by atoms with E-state index >= 15 is 0 Å². The summed E-state index contributed by atoms with van der Waals surface area (Å²) in [5.41, 5.74) is 5.49. The highest BCUT2D eigenvalue weighted by atomic mass is 16.7. The van der Waals surface area contributed by atoms with E-state index in [0.29, 0.717) is 19.4 Å². The Hall–Kier alpha value is -1.70. The van der Waals surface area contributed by atoms with Gasteiger partial charge in [0.25, 0.3) is 0 Å². The maximum absolute atomic E-state index is 12.7. The van der Waals surface area contributed by atoms with E-state index in [1.165, 1.54) is 14.2 Å². The monoisotopic (exact) mass is 570 g/mol. The Balaban J connectivity index is 2.06. The summed E-state index contributed by atoms with van der Waals surface area (Å²) in [7, 11) is 2.58. The number of hydrogen-bond acceptors (Lipinski definition) is 15. The smallest absolute Gasteiger partial charge is 0.408 e. The lowest BCUT2D eigenvalue weighted by Gasteiger charge is -2.43. The van der Waals surface area contributed by atoms with Crippen LogP contribution in [0.1, 0.15) is 26.2 Å². The largest absolute Gasteiger partial charge is 0.464 e. The van der Waals surface area contributed by atoms with Crippen molar-refractivity contribution in [2.24, 2.45) is 5.73 Å². The molecule has 0 aliphatic carbocycles. The molecule has 4 unspecified atom stereocenters. The second kappa shape index (κ2) is 16.5. The zero-order chi connectivity index (χ0) is 29.1. The number of esters is 1. The van der Waals surface area contributed by atoms with Gasteiger partial charge in [0.05, 0.1) is 19.8 Å². The molecule has 0 aromatic heterocycles. The Kier molecular flexibility index (Phi) is 14.2. The molecule has 0 saturated carbocycles. The first kappa shape index (κ1) is 33.5. The highest BCUT2D eigenvalue weighted by Gasteiger charge is 2.49. The summed E-state index contributed by atoms with van der Waals surface area (Å²) in [6.07, 6.45) is -14.3. The number of hydrogen-bond donors (Lipinski definition) is 7. The summed E-state index contributed by atoms with van der Waals surface area (Å²) in [4.78, 5) is 24.9. The lowest BCUT2D eigenvalue weighted by molar-refractivity contribution is -0.328.